The summed E-state index contributed by atoms with van der Waals surface area (Å²) in [4.78, 5) is 4.20. The van der Waals surface area contributed by atoms with Crippen molar-refractivity contribution in [3.63, 3.8) is 0 Å². The predicted molar refractivity (Wildman–Crippen MR) is 74.3 cm³/mol. The van der Waals surface area contributed by atoms with Crippen LogP contribution in [0.25, 0.3) is 0 Å². The number of hydrogen-bond acceptors (Lipinski definition) is 2. The van der Waals surface area contributed by atoms with Crippen molar-refractivity contribution in [2.75, 3.05) is 5.32 Å². The monoisotopic (exact) mass is 281 g/mol. The highest BCUT2D eigenvalue weighted by Gasteiger charge is 2.25. The van der Waals surface area contributed by atoms with Crippen LogP contribution in [0.4, 0.5) is 5.69 Å². The molecule has 1 fully saturated rings. The first kappa shape index (κ1) is 11.9. The topological polar surface area (TPSA) is 29.9 Å². The number of nitrogens with one attached hydrogen (secondary N) is 1. The molecule has 0 spiro atoms. The number of halogens is 2. The van der Waals surface area contributed by atoms with Crippen LogP contribution < -0.4 is 5.32 Å². The molecule has 2 aromatic rings. The fourth-order valence-electron chi connectivity index (χ4n) is 1.98. The Labute approximate surface area is 116 Å². The summed E-state index contributed by atoms with van der Waals surface area (Å²) < 4.78 is 2.23. The summed E-state index contributed by atoms with van der Waals surface area (Å²) in [7, 11) is 0. The van der Waals surface area contributed by atoms with E-state index in [0.29, 0.717) is 22.6 Å². The summed E-state index contributed by atoms with van der Waals surface area (Å²) in [5.74, 6) is 0. The second kappa shape index (κ2) is 4.82. The second-order valence-electron chi connectivity index (χ2n) is 4.48. The van der Waals surface area contributed by atoms with Crippen LogP contribution in [0.5, 0.6) is 0 Å². The van der Waals surface area contributed by atoms with Gasteiger partial charge in [-0.15, -0.1) is 0 Å². The summed E-state index contributed by atoms with van der Waals surface area (Å²) in [6, 6.07) is 6.23. The molecule has 1 N–H and O–H groups in total. The van der Waals surface area contributed by atoms with Gasteiger partial charge in [0.05, 0.1) is 34.3 Å². The first-order chi connectivity index (χ1) is 8.75. The van der Waals surface area contributed by atoms with E-state index in [0.717, 1.165) is 5.69 Å². The highest BCUT2D eigenvalue weighted by atomic mass is 35.5. The third-order valence-electron chi connectivity index (χ3n) is 3.10. The largest absolute Gasteiger partial charge is 0.378 e. The van der Waals surface area contributed by atoms with Crippen molar-refractivity contribution in [1.82, 2.24) is 9.55 Å². The molecule has 18 heavy (non-hydrogen) atoms. The van der Waals surface area contributed by atoms with Crippen molar-refractivity contribution >= 4 is 28.9 Å². The van der Waals surface area contributed by atoms with Gasteiger partial charge in [0.2, 0.25) is 0 Å². The molecule has 1 aliphatic rings. The number of benzene rings is 1. The summed E-state index contributed by atoms with van der Waals surface area (Å²) in [5.41, 5.74) is 2.03. The molecule has 94 valence electrons. The van der Waals surface area contributed by atoms with E-state index in [1.165, 1.54) is 18.5 Å². The van der Waals surface area contributed by atoms with Gasteiger partial charge in [0, 0.05) is 12.2 Å². The molecule has 0 saturated heterocycles. The van der Waals surface area contributed by atoms with E-state index in [1.807, 2.05) is 24.7 Å². The van der Waals surface area contributed by atoms with E-state index in [2.05, 4.69) is 14.9 Å². The Kier molecular flexibility index (Phi) is 3.18. The van der Waals surface area contributed by atoms with Crippen molar-refractivity contribution in [1.29, 1.82) is 0 Å². The molecule has 0 amide bonds. The number of rotatable bonds is 4. The van der Waals surface area contributed by atoms with Gasteiger partial charge in [-0.05, 0) is 25.0 Å². The number of imidazole rings is 1. The van der Waals surface area contributed by atoms with Crippen LogP contribution in [-0.2, 0) is 6.54 Å². The Morgan fingerprint density at radius 3 is 2.94 bits per heavy atom. The molecule has 1 aliphatic carbocycles. The Morgan fingerprint density at radius 1 is 1.33 bits per heavy atom. The maximum absolute atomic E-state index is 6.13. The van der Waals surface area contributed by atoms with E-state index in [4.69, 9.17) is 23.2 Å². The van der Waals surface area contributed by atoms with Gasteiger partial charge >= 0.3 is 0 Å². The molecule has 3 rings (SSSR count). The first-order valence-corrected chi connectivity index (χ1v) is 6.70. The summed E-state index contributed by atoms with van der Waals surface area (Å²) in [6.45, 7) is 0.705. The van der Waals surface area contributed by atoms with Crippen molar-refractivity contribution < 1.29 is 0 Å². The van der Waals surface area contributed by atoms with E-state index < -0.39 is 0 Å². The number of hydrogen-bond donors (Lipinski definition) is 1. The number of nitrogens with zero attached hydrogens (tertiary/aromatic N) is 2. The van der Waals surface area contributed by atoms with Gasteiger partial charge in [-0.1, -0.05) is 29.3 Å². The van der Waals surface area contributed by atoms with Crippen LogP contribution in [0.3, 0.4) is 0 Å². The Balaban J connectivity index is 1.74. The highest BCUT2D eigenvalue weighted by molar-refractivity contribution is 6.43. The summed E-state index contributed by atoms with van der Waals surface area (Å²) in [5, 5.41) is 4.44. The fraction of sp³-hybridized carbons (Fsp3) is 0.308. The van der Waals surface area contributed by atoms with Crippen LogP contribution in [0, 0.1) is 0 Å². The summed E-state index contributed by atoms with van der Waals surface area (Å²) in [6.07, 6.45) is 6.29. The zero-order valence-corrected chi connectivity index (χ0v) is 11.2. The molecule has 1 saturated carbocycles. The van der Waals surface area contributed by atoms with Gasteiger partial charge in [-0.25, -0.2) is 4.98 Å². The summed E-state index contributed by atoms with van der Waals surface area (Å²) >= 11 is 12.1. The first-order valence-electron chi connectivity index (χ1n) is 5.94. The molecule has 0 radical (unpaired) electrons. The lowest BCUT2D eigenvalue weighted by molar-refractivity contribution is 0.701. The minimum absolute atomic E-state index is 0.566. The lowest BCUT2D eigenvalue weighted by atomic mass is 10.3. The van der Waals surface area contributed by atoms with E-state index in [9.17, 15) is 0 Å². The minimum Gasteiger partial charge on any atom is -0.378 e. The zero-order valence-electron chi connectivity index (χ0n) is 9.74. The van der Waals surface area contributed by atoms with E-state index in [1.54, 1.807) is 6.07 Å². The van der Waals surface area contributed by atoms with Crippen LogP contribution in [0.15, 0.2) is 30.7 Å². The molecule has 3 nitrogen and oxygen atoms in total. The van der Waals surface area contributed by atoms with Gasteiger partial charge in [0.15, 0.2) is 0 Å². The van der Waals surface area contributed by atoms with Crippen molar-refractivity contribution in [3.05, 3.63) is 46.5 Å². The Bertz CT molecular complexity index is 561. The third-order valence-corrected chi connectivity index (χ3v) is 3.92. The molecule has 1 aromatic heterocycles. The molecule has 0 aliphatic heterocycles. The van der Waals surface area contributed by atoms with Gasteiger partial charge in [0.25, 0.3) is 0 Å². The fourth-order valence-corrected chi connectivity index (χ4v) is 2.34. The maximum atomic E-state index is 6.13. The van der Waals surface area contributed by atoms with Crippen molar-refractivity contribution in [2.24, 2.45) is 0 Å². The minimum atomic E-state index is 0.566. The lowest BCUT2D eigenvalue weighted by Gasteiger charge is -2.11. The molecule has 0 atom stereocenters. The Morgan fingerprint density at radius 2 is 2.17 bits per heavy atom. The third kappa shape index (κ3) is 2.33. The van der Waals surface area contributed by atoms with Crippen LogP contribution in [-0.4, -0.2) is 9.55 Å². The van der Waals surface area contributed by atoms with Gasteiger partial charge in [0.1, 0.15) is 0 Å². The average molecular weight is 282 g/mol. The quantitative estimate of drug-likeness (QED) is 0.913. The molecule has 0 bridgehead atoms. The molecule has 0 unspecified atom stereocenters. The van der Waals surface area contributed by atoms with Crippen LogP contribution in [0.2, 0.25) is 10.0 Å². The smallest absolute Gasteiger partial charge is 0.0951 e. The van der Waals surface area contributed by atoms with E-state index >= 15 is 0 Å². The number of aromatic nitrogens is 2. The molecule has 1 aromatic carbocycles. The van der Waals surface area contributed by atoms with Crippen LogP contribution >= 0.6 is 23.2 Å². The second-order valence-corrected chi connectivity index (χ2v) is 5.26. The molecule has 5 heteroatoms. The normalized spacial score (nSPS) is 14.8. The van der Waals surface area contributed by atoms with E-state index in [-0.39, 0.29) is 0 Å². The molecular weight excluding hydrogens is 269 g/mol. The average Bonchev–Trinajstić information content (AvgIpc) is 3.11. The van der Waals surface area contributed by atoms with Gasteiger partial charge < -0.3 is 9.88 Å². The lowest BCUT2D eigenvalue weighted by Crippen LogP contribution is -2.06. The molecular formula is C13H13Cl2N3. The van der Waals surface area contributed by atoms with Crippen LogP contribution in [0.1, 0.15) is 24.6 Å². The SMILES string of the molecule is Clc1cccc(NCc2cncn2C2CC2)c1Cl. The van der Waals surface area contributed by atoms with Crippen molar-refractivity contribution in [2.45, 2.75) is 25.4 Å². The molecule has 1 heterocycles. The van der Waals surface area contributed by atoms with Gasteiger partial charge in [-0.3, -0.25) is 0 Å². The maximum Gasteiger partial charge on any atom is 0.0951 e. The Hall–Kier alpha value is -1.19. The van der Waals surface area contributed by atoms with Gasteiger partial charge in [-0.2, -0.15) is 0 Å². The van der Waals surface area contributed by atoms with Crippen molar-refractivity contribution in [3.8, 4) is 0 Å². The number of anilines is 1. The predicted octanol–water partition coefficient (Wildman–Crippen LogP) is 4.14. The highest BCUT2D eigenvalue weighted by Crippen LogP contribution is 2.36. The standard InChI is InChI=1S/C13H13Cl2N3/c14-11-2-1-3-12(13(11)15)17-7-10-6-16-8-18(10)9-4-5-9/h1-3,6,8-9,17H,4-5,7H2. The zero-order chi connectivity index (χ0) is 12.5.